The number of fused-ring (bicyclic) bond motifs is 1. The van der Waals surface area contributed by atoms with E-state index in [0.717, 1.165) is 41.3 Å². The molecule has 7 heteroatoms. The summed E-state index contributed by atoms with van der Waals surface area (Å²) in [6, 6.07) is 12.1. The Morgan fingerprint density at radius 2 is 1.84 bits per heavy atom. The third-order valence-corrected chi connectivity index (χ3v) is 8.77. The van der Waals surface area contributed by atoms with Gasteiger partial charge >= 0.3 is 0 Å². The molecule has 45 heavy (non-hydrogen) atoms. The number of rotatable bonds is 9. The number of likely N-dealkylation sites (tertiary alicyclic amines) is 1. The molecule has 0 radical (unpaired) electrons. The van der Waals surface area contributed by atoms with Crippen LogP contribution in [0, 0.1) is 19.8 Å². The molecule has 2 amide bonds. The van der Waals surface area contributed by atoms with Crippen LogP contribution in [0.3, 0.4) is 0 Å². The van der Waals surface area contributed by atoms with Gasteiger partial charge in [0.15, 0.2) is 0 Å². The molecule has 1 saturated carbocycles. The Morgan fingerprint density at radius 1 is 1.09 bits per heavy atom. The SMILES string of the molecule is C=C(/C(C)=C/c1ccccc1C)N1CCOc2cc(C(=O)N3CCCC(NC(=O)/C=C/CN(C)C)C3)cc(C)c21.CCC1CC1. The van der Waals surface area contributed by atoms with Crippen molar-refractivity contribution in [1.29, 1.82) is 0 Å². The number of aryl methyl sites for hydroxylation is 2. The minimum absolute atomic E-state index is 0.0387. The van der Waals surface area contributed by atoms with Crippen molar-refractivity contribution in [3.63, 3.8) is 0 Å². The van der Waals surface area contributed by atoms with Gasteiger partial charge in [0, 0.05) is 43.0 Å². The molecule has 2 fully saturated rings. The molecule has 1 aliphatic carbocycles. The molecule has 0 spiro atoms. The van der Waals surface area contributed by atoms with Crippen molar-refractivity contribution >= 4 is 23.6 Å². The second kappa shape index (κ2) is 15.9. The Hall–Kier alpha value is -3.84. The van der Waals surface area contributed by atoms with Gasteiger partial charge in [0.1, 0.15) is 12.4 Å². The second-order valence-corrected chi connectivity index (χ2v) is 12.9. The number of anilines is 1. The maximum Gasteiger partial charge on any atom is 0.254 e. The number of nitrogens with zero attached hydrogens (tertiary/aromatic N) is 3. The number of hydrogen-bond donors (Lipinski definition) is 1. The molecule has 1 unspecified atom stereocenters. The second-order valence-electron chi connectivity index (χ2n) is 12.9. The number of likely N-dealkylation sites (N-methyl/N-ethyl adjacent to an activating group) is 1. The lowest BCUT2D eigenvalue weighted by molar-refractivity contribution is -0.117. The van der Waals surface area contributed by atoms with E-state index in [9.17, 15) is 9.59 Å². The Bertz CT molecular complexity index is 1420. The summed E-state index contributed by atoms with van der Waals surface area (Å²) in [5.41, 5.74) is 6.93. The molecule has 3 aliphatic rings. The molecule has 2 heterocycles. The molecule has 1 saturated heterocycles. The summed E-state index contributed by atoms with van der Waals surface area (Å²) < 4.78 is 6.07. The number of carbonyl (C=O) groups is 2. The number of ether oxygens (including phenoxy) is 1. The quantitative estimate of drug-likeness (QED) is 0.250. The Kier molecular flexibility index (Phi) is 12.1. The highest BCUT2D eigenvalue weighted by Crippen LogP contribution is 2.39. The third kappa shape index (κ3) is 9.57. The maximum atomic E-state index is 13.6. The van der Waals surface area contributed by atoms with Gasteiger partial charge in [0.05, 0.1) is 12.2 Å². The topological polar surface area (TPSA) is 65.1 Å². The average molecular weight is 613 g/mol. The zero-order valence-electron chi connectivity index (χ0n) is 28.2. The first-order valence-electron chi connectivity index (χ1n) is 16.5. The van der Waals surface area contributed by atoms with E-state index in [1.165, 1.54) is 30.4 Å². The molecule has 7 nitrogen and oxygen atoms in total. The highest BCUT2D eigenvalue weighted by atomic mass is 16.5. The van der Waals surface area contributed by atoms with Crippen LogP contribution in [0.25, 0.3) is 6.08 Å². The number of nitrogens with one attached hydrogen (secondary N) is 1. The minimum atomic E-state index is -0.119. The van der Waals surface area contributed by atoms with E-state index in [4.69, 9.17) is 4.74 Å². The molecule has 1 atom stereocenters. The highest BCUT2D eigenvalue weighted by Gasteiger charge is 2.29. The van der Waals surface area contributed by atoms with Crippen LogP contribution in [-0.4, -0.2) is 74.5 Å². The first-order valence-corrected chi connectivity index (χ1v) is 16.5. The van der Waals surface area contributed by atoms with E-state index in [-0.39, 0.29) is 17.9 Å². The van der Waals surface area contributed by atoms with Crippen LogP contribution >= 0.6 is 0 Å². The van der Waals surface area contributed by atoms with Crippen molar-refractivity contribution in [3.8, 4) is 5.75 Å². The van der Waals surface area contributed by atoms with E-state index in [0.29, 0.717) is 44.1 Å². The molecular weight excluding hydrogens is 560 g/mol. The summed E-state index contributed by atoms with van der Waals surface area (Å²) in [5.74, 6) is 1.68. The van der Waals surface area contributed by atoms with Gasteiger partial charge in [-0.15, -0.1) is 0 Å². The van der Waals surface area contributed by atoms with Gasteiger partial charge < -0.3 is 24.8 Å². The summed E-state index contributed by atoms with van der Waals surface area (Å²) in [7, 11) is 3.91. The summed E-state index contributed by atoms with van der Waals surface area (Å²) in [5, 5.41) is 3.06. The Balaban J connectivity index is 0.000000838. The zero-order chi connectivity index (χ0) is 32.5. The Labute approximate surface area is 270 Å². The number of amides is 2. The van der Waals surface area contributed by atoms with Gasteiger partial charge in [-0.05, 0) is 94.1 Å². The van der Waals surface area contributed by atoms with E-state index in [1.807, 2.05) is 61.2 Å². The van der Waals surface area contributed by atoms with Crippen molar-refractivity contribution in [1.82, 2.24) is 15.1 Å². The Morgan fingerprint density at radius 3 is 2.51 bits per heavy atom. The first-order chi connectivity index (χ1) is 21.6. The van der Waals surface area contributed by atoms with Crippen LogP contribution in [0.15, 0.2) is 66.4 Å². The van der Waals surface area contributed by atoms with Gasteiger partial charge in [0.2, 0.25) is 5.91 Å². The predicted octanol–water partition coefficient (Wildman–Crippen LogP) is 6.76. The number of allylic oxidation sites excluding steroid dienone is 1. The smallest absolute Gasteiger partial charge is 0.254 e. The van der Waals surface area contributed by atoms with Crippen LogP contribution in [0.4, 0.5) is 5.69 Å². The van der Waals surface area contributed by atoms with Gasteiger partial charge in [-0.1, -0.05) is 63.1 Å². The number of hydrogen-bond acceptors (Lipinski definition) is 5. The van der Waals surface area contributed by atoms with E-state index < -0.39 is 0 Å². The molecular formula is C38H52N4O3. The monoisotopic (exact) mass is 612 g/mol. The van der Waals surface area contributed by atoms with Gasteiger partial charge in [0.25, 0.3) is 5.91 Å². The minimum Gasteiger partial charge on any atom is -0.490 e. The molecule has 2 aromatic carbocycles. The van der Waals surface area contributed by atoms with Crippen LogP contribution in [0.2, 0.25) is 0 Å². The van der Waals surface area contributed by atoms with Crippen LogP contribution in [0.1, 0.15) is 73.0 Å². The normalized spacial score (nSPS) is 18.2. The largest absolute Gasteiger partial charge is 0.490 e. The summed E-state index contributed by atoms with van der Waals surface area (Å²) in [6.45, 7) is 16.0. The number of benzene rings is 2. The average Bonchev–Trinajstić information content (AvgIpc) is 3.86. The fourth-order valence-corrected chi connectivity index (χ4v) is 5.84. The predicted molar refractivity (Wildman–Crippen MR) is 186 cm³/mol. The third-order valence-electron chi connectivity index (χ3n) is 8.77. The summed E-state index contributed by atoms with van der Waals surface area (Å²) in [6.07, 6.45) is 11.7. The summed E-state index contributed by atoms with van der Waals surface area (Å²) in [4.78, 5) is 31.9. The molecule has 1 N–H and O–H groups in total. The first kappa shape index (κ1) is 34.0. The van der Waals surface area contributed by atoms with Gasteiger partial charge in [-0.2, -0.15) is 0 Å². The molecule has 0 aromatic heterocycles. The molecule has 242 valence electrons. The van der Waals surface area contributed by atoms with Gasteiger partial charge in [-0.25, -0.2) is 0 Å². The lowest BCUT2D eigenvalue weighted by atomic mass is 10.0. The molecule has 5 rings (SSSR count). The van der Waals surface area contributed by atoms with E-state index in [2.05, 4.69) is 55.8 Å². The zero-order valence-corrected chi connectivity index (χ0v) is 28.2. The van der Waals surface area contributed by atoms with Gasteiger partial charge in [-0.3, -0.25) is 9.59 Å². The lowest BCUT2D eigenvalue weighted by Gasteiger charge is -2.36. The van der Waals surface area contributed by atoms with Crippen LogP contribution in [-0.2, 0) is 4.79 Å². The van der Waals surface area contributed by atoms with Crippen LogP contribution in [0.5, 0.6) is 5.75 Å². The van der Waals surface area contributed by atoms with Crippen molar-refractivity contribution in [3.05, 3.63) is 88.7 Å². The van der Waals surface area contributed by atoms with E-state index >= 15 is 0 Å². The molecule has 2 aliphatic heterocycles. The van der Waals surface area contributed by atoms with Crippen molar-refractivity contribution in [2.24, 2.45) is 5.92 Å². The van der Waals surface area contributed by atoms with Crippen LogP contribution < -0.4 is 15.0 Å². The molecule has 2 aromatic rings. The molecule has 0 bridgehead atoms. The summed E-state index contributed by atoms with van der Waals surface area (Å²) >= 11 is 0. The fourth-order valence-electron chi connectivity index (χ4n) is 5.84. The van der Waals surface area contributed by atoms with E-state index in [1.54, 1.807) is 6.08 Å². The van der Waals surface area contributed by atoms with Crippen molar-refractivity contribution in [2.75, 3.05) is 51.8 Å². The highest BCUT2D eigenvalue weighted by molar-refractivity contribution is 5.96. The standard InChI is InChI=1S/C33H42N4O3.C5H10/c1-23-11-7-8-12-27(23)19-24(2)26(4)37-17-18-40-30-21-28(20-25(3)32(30)37)33(39)36-16-9-13-29(22-36)34-31(38)14-10-15-35(5)6;1-2-5-3-4-5/h7-8,10-12,14,19-21,29H,4,9,13,15-18,22H2,1-3,5-6H3,(H,34,38);5H,2-4H2,1H3/b14-10+,24-19+;. The van der Waals surface area contributed by atoms with Crippen molar-refractivity contribution in [2.45, 2.75) is 65.8 Å². The number of piperidine rings is 1. The number of carbonyl (C=O) groups excluding carboxylic acids is 2. The fraction of sp³-hybridized carbons (Fsp3) is 0.474. The van der Waals surface area contributed by atoms with Crippen molar-refractivity contribution < 1.29 is 14.3 Å². The maximum absolute atomic E-state index is 13.6. The lowest BCUT2D eigenvalue weighted by Crippen LogP contribution is -2.49.